The molecule has 0 heterocycles. The molecule has 1 atom stereocenters. The summed E-state index contributed by atoms with van der Waals surface area (Å²) in [4.78, 5) is 11.9. The number of nitrogens with two attached hydrogens (primary N) is 1. The molecule has 0 spiro atoms. The molecule has 2 N–H and O–H groups in total. The SMILES string of the molecule is NC(CC(=O)C=CCc1ccccc1)c1ccccc1. The molecule has 102 valence electrons. The van der Waals surface area contributed by atoms with Crippen molar-refractivity contribution in [3.05, 3.63) is 83.9 Å². The van der Waals surface area contributed by atoms with Crippen LogP contribution in [0.4, 0.5) is 0 Å². The highest BCUT2D eigenvalue weighted by molar-refractivity contribution is 5.90. The van der Waals surface area contributed by atoms with Gasteiger partial charge >= 0.3 is 0 Å². The van der Waals surface area contributed by atoms with E-state index in [9.17, 15) is 4.79 Å². The Morgan fingerprint density at radius 2 is 1.60 bits per heavy atom. The van der Waals surface area contributed by atoms with Gasteiger partial charge in [-0.05, 0) is 23.6 Å². The summed E-state index contributed by atoms with van der Waals surface area (Å²) in [5.41, 5.74) is 8.22. The zero-order valence-electron chi connectivity index (χ0n) is 11.4. The van der Waals surface area contributed by atoms with E-state index >= 15 is 0 Å². The van der Waals surface area contributed by atoms with Gasteiger partial charge in [0.25, 0.3) is 0 Å². The van der Waals surface area contributed by atoms with Crippen molar-refractivity contribution in [2.75, 3.05) is 0 Å². The van der Waals surface area contributed by atoms with Crippen LogP contribution in [0.5, 0.6) is 0 Å². The molecule has 0 aliphatic rings. The summed E-state index contributed by atoms with van der Waals surface area (Å²) in [6.07, 6.45) is 4.65. The van der Waals surface area contributed by atoms with Gasteiger partial charge in [0, 0.05) is 12.5 Å². The molecular formula is C18H19NO. The van der Waals surface area contributed by atoms with Crippen molar-refractivity contribution >= 4 is 5.78 Å². The predicted octanol–water partition coefficient (Wildman–Crippen LogP) is 3.44. The lowest BCUT2D eigenvalue weighted by molar-refractivity contribution is -0.114. The maximum atomic E-state index is 11.9. The van der Waals surface area contributed by atoms with Gasteiger partial charge in [-0.2, -0.15) is 0 Å². The van der Waals surface area contributed by atoms with E-state index in [0.717, 1.165) is 12.0 Å². The van der Waals surface area contributed by atoms with E-state index in [1.165, 1.54) is 5.56 Å². The van der Waals surface area contributed by atoms with Gasteiger partial charge in [-0.25, -0.2) is 0 Å². The lowest BCUT2D eigenvalue weighted by Gasteiger charge is -2.09. The molecule has 0 aliphatic heterocycles. The monoisotopic (exact) mass is 265 g/mol. The molecule has 0 aromatic heterocycles. The first-order valence-corrected chi connectivity index (χ1v) is 6.79. The minimum Gasteiger partial charge on any atom is -0.324 e. The second-order valence-corrected chi connectivity index (χ2v) is 4.78. The molecule has 2 rings (SSSR count). The number of carbonyl (C=O) groups is 1. The molecule has 0 fully saturated rings. The Balaban J connectivity index is 1.83. The minimum atomic E-state index is -0.231. The van der Waals surface area contributed by atoms with E-state index in [-0.39, 0.29) is 11.8 Å². The maximum Gasteiger partial charge on any atom is 0.157 e. The topological polar surface area (TPSA) is 43.1 Å². The van der Waals surface area contributed by atoms with E-state index in [1.54, 1.807) is 6.08 Å². The van der Waals surface area contributed by atoms with E-state index < -0.39 is 0 Å². The summed E-state index contributed by atoms with van der Waals surface area (Å²) in [6.45, 7) is 0. The Kier molecular flexibility index (Phi) is 5.27. The summed E-state index contributed by atoms with van der Waals surface area (Å²) in [6, 6.07) is 19.6. The van der Waals surface area contributed by atoms with Crippen LogP contribution in [0.25, 0.3) is 0 Å². The van der Waals surface area contributed by atoms with Gasteiger partial charge in [-0.15, -0.1) is 0 Å². The number of hydrogen-bond donors (Lipinski definition) is 1. The number of rotatable bonds is 6. The van der Waals surface area contributed by atoms with Gasteiger partial charge in [0.15, 0.2) is 5.78 Å². The molecule has 1 unspecified atom stereocenters. The number of hydrogen-bond acceptors (Lipinski definition) is 2. The molecule has 0 saturated heterocycles. The third-order valence-electron chi connectivity index (χ3n) is 3.15. The third kappa shape index (κ3) is 4.48. The Bertz CT molecular complexity index is 560. The van der Waals surface area contributed by atoms with Crippen molar-refractivity contribution in [3.63, 3.8) is 0 Å². The van der Waals surface area contributed by atoms with Crippen molar-refractivity contribution in [3.8, 4) is 0 Å². The van der Waals surface area contributed by atoms with Crippen molar-refractivity contribution in [2.24, 2.45) is 5.73 Å². The number of ketones is 1. The summed E-state index contributed by atoms with van der Waals surface area (Å²) < 4.78 is 0. The van der Waals surface area contributed by atoms with Crippen LogP contribution in [-0.4, -0.2) is 5.78 Å². The molecule has 0 radical (unpaired) electrons. The first kappa shape index (κ1) is 14.2. The van der Waals surface area contributed by atoms with Crippen LogP contribution in [-0.2, 0) is 11.2 Å². The van der Waals surface area contributed by atoms with Crippen molar-refractivity contribution in [1.29, 1.82) is 0 Å². The highest BCUT2D eigenvalue weighted by Crippen LogP contribution is 2.13. The second-order valence-electron chi connectivity index (χ2n) is 4.78. The second kappa shape index (κ2) is 7.41. The largest absolute Gasteiger partial charge is 0.324 e. The Labute approximate surface area is 119 Å². The van der Waals surface area contributed by atoms with Gasteiger partial charge in [-0.3, -0.25) is 4.79 Å². The molecule has 2 nitrogen and oxygen atoms in total. The van der Waals surface area contributed by atoms with Gasteiger partial charge < -0.3 is 5.73 Å². The number of carbonyl (C=O) groups excluding carboxylic acids is 1. The van der Waals surface area contributed by atoms with Crippen LogP contribution in [0.1, 0.15) is 23.6 Å². The van der Waals surface area contributed by atoms with Crippen molar-refractivity contribution < 1.29 is 4.79 Å². The van der Waals surface area contributed by atoms with Crippen LogP contribution in [0, 0.1) is 0 Å². The van der Waals surface area contributed by atoms with E-state index in [1.807, 2.05) is 66.7 Å². The molecule has 0 amide bonds. The fourth-order valence-corrected chi connectivity index (χ4v) is 2.04. The molecule has 0 bridgehead atoms. The molecule has 2 aromatic rings. The average molecular weight is 265 g/mol. The quantitative estimate of drug-likeness (QED) is 0.813. The smallest absolute Gasteiger partial charge is 0.157 e. The highest BCUT2D eigenvalue weighted by atomic mass is 16.1. The Hall–Kier alpha value is -2.19. The first-order chi connectivity index (χ1) is 9.75. The zero-order chi connectivity index (χ0) is 14.2. The van der Waals surface area contributed by atoms with E-state index in [0.29, 0.717) is 6.42 Å². The molecule has 0 aliphatic carbocycles. The fraction of sp³-hybridized carbons (Fsp3) is 0.167. The van der Waals surface area contributed by atoms with Gasteiger partial charge in [-0.1, -0.05) is 66.7 Å². The molecule has 2 aromatic carbocycles. The standard InChI is InChI=1S/C18H19NO/c19-18(16-11-5-2-6-12-16)14-17(20)13-7-10-15-8-3-1-4-9-15/h1-9,11-13,18H,10,14,19H2. The van der Waals surface area contributed by atoms with Crippen molar-refractivity contribution in [2.45, 2.75) is 18.9 Å². The first-order valence-electron chi connectivity index (χ1n) is 6.79. The average Bonchev–Trinajstić information content (AvgIpc) is 2.49. The number of benzene rings is 2. The molecule has 0 saturated carbocycles. The van der Waals surface area contributed by atoms with E-state index in [4.69, 9.17) is 5.73 Å². The lowest BCUT2D eigenvalue weighted by Crippen LogP contribution is -2.14. The van der Waals surface area contributed by atoms with Crippen LogP contribution in [0.2, 0.25) is 0 Å². The molecular weight excluding hydrogens is 246 g/mol. The summed E-state index contributed by atoms with van der Waals surface area (Å²) in [5, 5.41) is 0. The predicted molar refractivity (Wildman–Crippen MR) is 82.3 cm³/mol. The van der Waals surface area contributed by atoms with E-state index in [2.05, 4.69) is 0 Å². The van der Waals surface area contributed by atoms with Crippen molar-refractivity contribution in [1.82, 2.24) is 0 Å². The normalized spacial score (nSPS) is 12.4. The van der Waals surface area contributed by atoms with Gasteiger partial charge in [0.2, 0.25) is 0 Å². The Morgan fingerprint density at radius 1 is 1.00 bits per heavy atom. The third-order valence-corrected chi connectivity index (χ3v) is 3.15. The minimum absolute atomic E-state index is 0.0669. The van der Waals surface area contributed by atoms with Crippen LogP contribution < -0.4 is 5.73 Å². The number of allylic oxidation sites excluding steroid dienone is 2. The molecule has 2 heteroatoms. The van der Waals surface area contributed by atoms with Crippen LogP contribution >= 0.6 is 0 Å². The van der Waals surface area contributed by atoms with Crippen LogP contribution in [0.15, 0.2) is 72.8 Å². The zero-order valence-corrected chi connectivity index (χ0v) is 11.4. The Morgan fingerprint density at radius 3 is 2.25 bits per heavy atom. The fourth-order valence-electron chi connectivity index (χ4n) is 2.04. The van der Waals surface area contributed by atoms with Gasteiger partial charge in [0.1, 0.15) is 0 Å². The summed E-state index contributed by atoms with van der Waals surface area (Å²) in [5.74, 6) is 0.0669. The molecule has 20 heavy (non-hydrogen) atoms. The van der Waals surface area contributed by atoms with Crippen LogP contribution in [0.3, 0.4) is 0 Å². The highest BCUT2D eigenvalue weighted by Gasteiger charge is 2.08. The van der Waals surface area contributed by atoms with Gasteiger partial charge in [0.05, 0.1) is 0 Å². The summed E-state index contributed by atoms with van der Waals surface area (Å²) >= 11 is 0. The summed E-state index contributed by atoms with van der Waals surface area (Å²) in [7, 11) is 0. The maximum absolute atomic E-state index is 11.9. The lowest BCUT2D eigenvalue weighted by atomic mass is 10.0.